The fourth-order valence-electron chi connectivity index (χ4n) is 1.35. The van der Waals surface area contributed by atoms with E-state index in [-0.39, 0.29) is 17.4 Å². The standard InChI is InChI=1S/C10H23N3O/c1-5-13(10(3,4)7-11)6-8(2)9(12)14/h8H,5-7,11H2,1-4H3,(H2,12,14). The monoisotopic (exact) mass is 201 g/mol. The largest absolute Gasteiger partial charge is 0.369 e. The van der Waals surface area contributed by atoms with Crippen LogP contribution in [0.25, 0.3) is 0 Å². The summed E-state index contributed by atoms with van der Waals surface area (Å²) in [5.74, 6) is -0.378. The van der Waals surface area contributed by atoms with Crippen LogP contribution in [0.15, 0.2) is 0 Å². The van der Waals surface area contributed by atoms with Crippen LogP contribution >= 0.6 is 0 Å². The first-order chi connectivity index (χ1) is 6.35. The van der Waals surface area contributed by atoms with Crippen LogP contribution in [0, 0.1) is 5.92 Å². The Hall–Kier alpha value is -0.610. The van der Waals surface area contributed by atoms with Gasteiger partial charge in [-0.25, -0.2) is 0 Å². The number of hydrogen-bond acceptors (Lipinski definition) is 3. The first kappa shape index (κ1) is 13.4. The Bertz CT molecular complexity index is 192. The van der Waals surface area contributed by atoms with Crippen molar-refractivity contribution >= 4 is 5.91 Å². The van der Waals surface area contributed by atoms with Gasteiger partial charge in [-0.05, 0) is 20.4 Å². The molecule has 1 amide bonds. The Morgan fingerprint density at radius 2 is 2.00 bits per heavy atom. The normalized spacial score (nSPS) is 14.4. The van der Waals surface area contributed by atoms with E-state index in [1.54, 1.807) is 0 Å². The van der Waals surface area contributed by atoms with E-state index in [0.717, 1.165) is 6.54 Å². The summed E-state index contributed by atoms with van der Waals surface area (Å²) >= 11 is 0. The fourth-order valence-corrected chi connectivity index (χ4v) is 1.35. The average Bonchev–Trinajstić information content (AvgIpc) is 2.13. The molecule has 0 saturated heterocycles. The van der Waals surface area contributed by atoms with Crippen LogP contribution in [0.1, 0.15) is 27.7 Å². The number of carbonyl (C=O) groups is 1. The number of nitrogens with two attached hydrogens (primary N) is 2. The van der Waals surface area contributed by atoms with Crippen LogP contribution < -0.4 is 11.5 Å². The van der Waals surface area contributed by atoms with Crippen LogP contribution in [0.2, 0.25) is 0 Å². The molecule has 4 heteroatoms. The second-order valence-corrected chi connectivity index (χ2v) is 4.36. The molecule has 0 aliphatic carbocycles. The minimum absolute atomic E-state index is 0.0710. The number of carbonyl (C=O) groups excluding carboxylic acids is 1. The molecule has 0 radical (unpaired) electrons. The van der Waals surface area contributed by atoms with Gasteiger partial charge in [-0.1, -0.05) is 13.8 Å². The first-order valence-corrected chi connectivity index (χ1v) is 5.09. The molecule has 0 aromatic heterocycles. The van der Waals surface area contributed by atoms with E-state index in [0.29, 0.717) is 13.1 Å². The first-order valence-electron chi connectivity index (χ1n) is 5.09. The predicted octanol–water partition coefficient (Wildman–Crippen LogP) is 0.167. The highest BCUT2D eigenvalue weighted by molar-refractivity contribution is 5.76. The van der Waals surface area contributed by atoms with Crippen molar-refractivity contribution in [2.45, 2.75) is 33.2 Å². The highest BCUT2D eigenvalue weighted by atomic mass is 16.1. The third-order valence-corrected chi connectivity index (χ3v) is 2.72. The summed E-state index contributed by atoms with van der Waals surface area (Å²) in [6.07, 6.45) is 0. The molecule has 14 heavy (non-hydrogen) atoms. The van der Waals surface area contributed by atoms with Crippen molar-refractivity contribution in [3.8, 4) is 0 Å². The zero-order chi connectivity index (χ0) is 11.4. The molecule has 0 spiro atoms. The van der Waals surface area contributed by atoms with Gasteiger partial charge in [0.05, 0.1) is 0 Å². The summed E-state index contributed by atoms with van der Waals surface area (Å²) in [5, 5.41) is 0. The van der Waals surface area contributed by atoms with Gasteiger partial charge >= 0.3 is 0 Å². The molecule has 84 valence electrons. The molecule has 0 rings (SSSR count). The lowest BCUT2D eigenvalue weighted by atomic mass is 10.0. The Balaban J connectivity index is 4.36. The summed E-state index contributed by atoms with van der Waals surface area (Å²) in [7, 11) is 0. The third kappa shape index (κ3) is 3.64. The molecule has 0 saturated carbocycles. The van der Waals surface area contributed by atoms with E-state index in [1.165, 1.54) is 0 Å². The molecule has 0 aromatic carbocycles. The summed E-state index contributed by atoms with van der Waals surface area (Å²) < 4.78 is 0. The molecule has 4 nitrogen and oxygen atoms in total. The number of primary amides is 1. The summed E-state index contributed by atoms with van der Waals surface area (Å²) in [6, 6.07) is 0. The Labute approximate surface area is 86.6 Å². The smallest absolute Gasteiger partial charge is 0.221 e. The highest BCUT2D eigenvalue weighted by Crippen LogP contribution is 2.14. The van der Waals surface area contributed by atoms with Crippen LogP contribution in [0.5, 0.6) is 0 Å². The minimum atomic E-state index is -0.253. The van der Waals surface area contributed by atoms with E-state index >= 15 is 0 Å². The van der Waals surface area contributed by atoms with Crippen LogP contribution in [-0.4, -0.2) is 36.0 Å². The van der Waals surface area contributed by atoms with E-state index in [1.807, 2.05) is 6.92 Å². The third-order valence-electron chi connectivity index (χ3n) is 2.72. The molecule has 0 fully saturated rings. The maximum atomic E-state index is 10.9. The molecule has 1 unspecified atom stereocenters. The number of nitrogens with zero attached hydrogens (tertiary/aromatic N) is 1. The van der Waals surface area contributed by atoms with Crippen molar-refractivity contribution in [3.05, 3.63) is 0 Å². The van der Waals surface area contributed by atoms with Gasteiger partial charge < -0.3 is 11.5 Å². The number of hydrogen-bond donors (Lipinski definition) is 2. The van der Waals surface area contributed by atoms with E-state index in [9.17, 15) is 4.79 Å². The quantitative estimate of drug-likeness (QED) is 0.643. The number of rotatable bonds is 6. The SMILES string of the molecule is CCN(CC(C)C(N)=O)C(C)(C)CN. The second kappa shape index (κ2) is 5.32. The number of amides is 1. The molecule has 0 aliphatic heterocycles. The van der Waals surface area contributed by atoms with Crippen molar-refractivity contribution < 1.29 is 4.79 Å². The van der Waals surface area contributed by atoms with Gasteiger partial charge in [-0.15, -0.1) is 0 Å². The number of likely N-dealkylation sites (N-methyl/N-ethyl adjacent to an activating group) is 1. The van der Waals surface area contributed by atoms with Crippen molar-refractivity contribution in [1.82, 2.24) is 4.90 Å². The lowest BCUT2D eigenvalue weighted by Crippen LogP contribution is -2.51. The van der Waals surface area contributed by atoms with Crippen LogP contribution in [0.3, 0.4) is 0 Å². The molecule has 4 N–H and O–H groups in total. The lowest BCUT2D eigenvalue weighted by molar-refractivity contribution is -0.122. The van der Waals surface area contributed by atoms with Crippen molar-refractivity contribution in [1.29, 1.82) is 0 Å². The molecular weight excluding hydrogens is 178 g/mol. The van der Waals surface area contributed by atoms with Crippen molar-refractivity contribution in [2.75, 3.05) is 19.6 Å². The summed E-state index contributed by atoms with van der Waals surface area (Å²) in [4.78, 5) is 13.1. The van der Waals surface area contributed by atoms with E-state index in [4.69, 9.17) is 11.5 Å². The van der Waals surface area contributed by atoms with Gasteiger partial charge in [0.15, 0.2) is 0 Å². The lowest BCUT2D eigenvalue weighted by Gasteiger charge is -2.38. The molecule has 0 aliphatic rings. The zero-order valence-corrected chi connectivity index (χ0v) is 9.71. The Morgan fingerprint density at radius 1 is 1.50 bits per heavy atom. The fraction of sp³-hybridized carbons (Fsp3) is 0.900. The van der Waals surface area contributed by atoms with Crippen LogP contribution in [-0.2, 0) is 4.79 Å². The average molecular weight is 201 g/mol. The zero-order valence-electron chi connectivity index (χ0n) is 9.71. The maximum Gasteiger partial charge on any atom is 0.221 e. The topological polar surface area (TPSA) is 72.3 Å². The molecule has 0 heterocycles. The van der Waals surface area contributed by atoms with E-state index in [2.05, 4.69) is 25.7 Å². The van der Waals surface area contributed by atoms with Gasteiger partial charge in [-0.3, -0.25) is 9.69 Å². The maximum absolute atomic E-state index is 10.9. The molecular formula is C10H23N3O. The summed E-state index contributed by atoms with van der Waals surface area (Å²) in [6.45, 7) is 10.2. The van der Waals surface area contributed by atoms with Gasteiger partial charge in [0.2, 0.25) is 5.91 Å². The molecule has 0 aromatic rings. The summed E-state index contributed by atoms with van der Waals surface area (Å²) in [5.41, 5.74) is 10.8. The van der Waals surface area contributed by atoms with Gasteiger partial charge in [0, 0.05) is 24.5 Å². The minimum Gasteiger partial charge on any atom is -0.369 e. The van der Waals surface area contributed by atoms with Crippen LogP contribution in [0.4, 0.5) is 0 Å². The molecule has 1 atom stereocenters. The van der Waals surface area contributed by atoms with Gasteiger partial charge in [0.25, 0.3) is 0 Å². The van der Waals surface area contributed by atoms with Crippen molar-refractivity contribution in [3.63, 3.8) is 0 Å². The van der Waals surface area contributed by atoms with Crippen molar-refractivity contribution in [2.24, 2.45) is 17.4 Å². The van der Waals surface area contributed by atoms with E-state index < -0.39 is 0 Å². The Morgan fingerprint density at radius 3 is 2.29 bits per heavy atom. The van der Waals surface area contributed by atoms with Gasteiger partial charge in [0.1, 0.15) is 0 Å². The molecule has 0 bridgehead atoms. The second-order valence-electron chi connectivity index (χ2n) is 4.36. The Kier molecular flexibility index (Phi) is 5.08. The van der Waals surface area contributed by atoms with Gasteiger partial charge in [-0.2, -0.15) is 0 Å². The predicted molar refractivity (Wildman–Crippen MR) is 58.7 cm³/mol. The highest BCUT2D eigenvalue weighted by Gasteiger charge is 2.26.